The molecule has 2 N–H and O–H groups in total. The molecular formula is C19H31N5O10S. The predicted molar refractivity (Wildman–Crippen MR) is 116 cm³/mol. The van der Waals surface area contributed by atoms with Gasteiger partial charge in [0.25, 0.3) is 11.8 Å². The Hall–Kier alpha value is -2.69. The summed E-state index contributed by atoms with van der Waals surface area (Å²) in [4.78, 5) is 58.9. The maximum atomic E-state index is 12.5. The van der Waals surface area contributed by atoms with Crippen LogP contribution in [0.1, 0.15) is 40.0 Å². The van der Waals surface area contributed by atoms with E-state index < -0.39 is 52.7 Å². The maximum absolute atomic E-state index is 12.5. The summed E-state index contributed by atoms with van der Waals surface area (Å²) in [5.41, 5.74) is 1.55. The molecule has 3 aliphatic heterocycles. The highest BCUT2D eigenvalue weighted by molar-refractivity contribution is 7.80. The van der Waals surface area contributed by atoms with Gasteiger partial charge in [-0.1, -0.05) is 0 Å². The van der Waals surface area contributed by atoms with Crippen LogP contribution < -0.4 is 5.48 Å². The molecule has 3 heterocycles. The number of piperidine rings is 1. The average molecular weight is 522 g/mol. The van der Waals surface area contributed by atoms with Crippen molar-refractivity contribution in [3.63, 3.8) is 0 Å². The van der Waals surface area contributed by atoms with Crippen molar-refractivity contribution in [2.75, 3.05) is 39.3 Å². The van der Waals surface area contributed by atoms with Gasteiger partial charge in [-0.3, -0.25) is 19.0 Å². The lowest BCUT2D eigenvalue weighted by Gasteiger charge is -2.29. The number of amides is 5. The van der Waals surface area contributed by atoms with E-state index >= 15 is 0 Å². The Labute approximate surface area is 203 Å². The molecule has 3 aliphatic rings. The molecule has 0 saturated carbocycles. The number of hydrogen-bond donors (Lipinski definition) is 2. The molecule has 0 aliphatic carbocycles. The van der Waals surface area contributed by atoms with E-state index in [1.807, 2.05) is 0 Å². The fraction of sp³-hybridized carbons (Fsp3) is 0.789. The highest BCUT2D eigenvalue weighted by atomic mass is 32.3. The summed E-state index contributed by atoms with van der Waals surface area (Å²) in [6.45, 7) is 6.36. The third-order valence-corrected chi connectivity index (χ3v) is 6.02. The highest BCUT2D eigenvalue weighted by Gasteiger charge is 2.49. The molecule has 2 atom stereocenters. The second kappa shape index (κ2) is 10.5. The fourth-order valence-corrected chi connectivity index (χ4v) is 4.50. The van der Waals surface area contributed by atoms with Gasteiger partial charge >= 0.3 is 22.5 Å². The summed E-state index contributed by atoms with van der Waals surface area (Å²) >= 11 is 0. The van der Waals surface area contributed by atoms with E-state index in [1.165, 1.54) is 4.90 Å². The molecule has 0 aromatic heterocycles. The number of fused-ring (bicyclic) bond motifs is 2. The third kappa shape index (κ3) is 7.16. The van der Waals surface area contributed by atoms with Gasteiger partial charge in [0.15, 0.2) is 6.61 Å². The summed E-state index contributed by atoms with van der Waals surface area (Å²) in [6.07, 6.45) is 0.579. The molecule has 0 spiro atoms. The first kappa shape index (κ1) is 26.9. The van der Waals surface area contributed by atoms with E-state index in [-0.39, 0.29) is 31.8 Å². The second-order valence-corrected chi connectivity index (χ2v) is 10.5. The lowest BCUT2D eigenvalue weighted by Crippen LogP contribution is -2.50. The van der Waals surface area contributed by atoms with E-state index in [0.29, 0.717) is 31.1 Å². The van der Waals surface area contributed by atoms with Crippen LogP contribution in [0.2, 0.25) is 0 Å². The van der Waals surface area contributed by atoms with Crippen molar-refractivity contribution in [3.8, 4) is 0 Å². The van der Waals surface area contributed by atoms with Crippen LogP contribution in [-0.4, -0.2) is 114 Å². The van der Waals surface area contributed by atoms with E-state index in [1.54, 1.807) is 25.7 Å². The summed E-state index contributed by atoms with van der Waals surface area (Å²) < 4.78 is 40.4. The largest absolute Gasteiger partial charge is 0.444 e. The molecule has 0 unspecified atom stereocenters. The normalized spacial score (nSPS) is 23.3. The molecule has 3 rings (SSSR count). The first-order valence-electron chi connectivity index (χ1n) is 11.2. The standard InChI is InChI=1S/C19H31N5O10S/c1-19(2,3)33-18(28)22-8-4-7-21(9-10-22)15(25)12-32-20-16(26)14-6-5-13-11-23(14)17(27)24(13)34-35(29,30)31/h13-14H,4-12H2,1-3H3,(H,20,26)(H,29,30,31)/t13-,14+/m1/s1. The zero-order chi connectivity index (χ0) is 26.0. The van der Waals surface area contributed by atoms with Crippen LogP contribution in [0.5, 0.6) is 0 Å². The number of carbonyl (C=O) groups excluding carboxylic acids is 4. The van der Waals surface area contributed by atoms with Gasteiger partial charge in [-0.25, -0.2) is 15.1 Å². The molecule has 198 valence electrons. The minimum absolute atomic E-state index is 0.0350. The molecule has 0 aromatic rings. The van der Waals surface area contributed by atoms with Gasteiger partial charge in [-0.15, -0.1) is 4.28 Å². The third-order valence-electron chi connectivity index (χ3n) is 5.67. The SMILES string of the molecule is CC(C)(C)OC(=O)N1CCCN(C(=O)CONC(=O)[C@@H]2CC[C@@H]3CN2C(=O)N3OS(=O)(=O)O)CC1. The second-order valence-electron chi connectivity index (χ2n) is 9.47. The molecule has 5 amide bonds. The average Bonchev–Trinajstić information content (AvgIpc) is 2.92. The Bertz CT molecular complexity index is 952. The molecule has 35 heavy (non-hydrogen) atoms. The number of ether oxygens (including phenoxy) is 1. The van der Waals surface area contributed by atoms with Gasteiger partial charge in [0.1, 0.15) is 11.6 Å². The van der Waals surface area contributed by atoms with Crippen LogP contribution in [0.25, 0.3) is 0 Å². The molecular weight excluding hydrogens is 490 g/mol. The van der Waals surface area contributed by atoms with Crippen LogP contribution in [0.4, 0.5) is 9.59 Å². The van der Waals surface area contributed by atoms with Crippen molar-refractivity contribution < 1.29 is 46.0 Å². The quantitative estimate of drug-likeness (QED) is 0.342. The number of hydroxylamine groups is 3. The van der Waals surface area contributed by atoms with Gasteiger partial charge < -0.3 is 19.4 Å². The minimum Gasteiger partial charge on any atom is -0.444 e. The van der Waals surface area contributed by atoms with Gasteiger partial charge in [-0.2, -0.15) is 13.5 Å². The molecule has 16 heteroatoms. The number of urea groups is 1. The first-order valence-corrected chi connectivity index (χ1v) is 12.6. The van der Waals surface area contributed by atoms with Crippen LogP contribution in [0.3, 0.4) is 0 Å². The Kier molecular flexibility index (Phi) is 8.08. The van der Waals surface area contributed by atoms with Gasteiger partial charge in [-0.05, 0) is 40.0 Å². The molecule has 0 aromatic carbocycles. The lowest BCUT2D eigenvalue weighted by atomic mass is 10.0. The van der Waals surface area contributed by atoms with Crippen molar-refractivity contribution in [3.05, 3.63) is 0 Å². The van der Waals surface area contributed by atoms with Crippen LogP contribution in [-0.2, 0) is 33.8 Å². The molecule has 3 saturated heterocycles. The van der Waals surface area contributed by atoms with Crippen molar-refractivity contribution in [2.45, 2.75) is 57.7 Å². The Morgan fingerprint density at radius 2 is 1.74 bits per heavy atom. The van der Waals surface area contributed by atoms with Crippen molar-refractivity contribution in [1.29, 1.82) is 0 Å². The molecule has 3 fully saturated rings. The minimum atomic E-state index is -4.89. The number of nitrogens with one attached hydrogen (secondary N) is 1. The Morgan fingerprint density at radius 1 is 1.09 bits per heavy atom. The van der Waals surface area contributed by atoms with E-state index in [4.69, 9.17) is 14.1 Å². The lowest BCUT2D eigenvalue weighted by molar-refractivity contribution is -0.147. The molecule has 2 bridgehead atoms. The summed E-state index contributed by atoms with van der Waals surface area (Å²) in [7, 11) is -4.89. The predicted octanol–water partition coefficient (Wildman–Crippen LogP) is -0.493. The van der Waals surface area contributed by atoms with Crippen molar-refractivity contribution >= 4 is 34.3 Å². The van der Waals surface area contributed by atoms with Gasteiger partial charge in [0.05, 0.1) is 6.04 Å². The van der Waals surface area contributed by atoms with Crippen LogP contribution in [0, 0.1) is 0 Å². The van der Waals surface area contributed by atoms with E-state index in [9.17, 15) is 27.6 Å². The van der Waals surface area contributed by atoms with Crippen molar-refractivity contribution in [2.24, 2.45) is 0 Å². The van der Waals surface area contributed by atoms with Gasteiger partial charge in [0.2, 0.25) is 0 Å². The topological polar surface area (TPSA) is 175 Å². The number of rotatable bonds is 6. The zero-order valence-corrected chi connectivity index (χ0v) is 20.7. The fourth-order valence-electron chi connectivity index (χ4n) is 4.11. The summed E-state index contributed by atoms with van der Waals surface area (Å²) in [5, 5.41) is 0.535. The van der Waals surface area contributed by atoms with Crippen LogP contribution >= 0.6 is 0 Å². The summed E-state index contributed by atoms with van der Waals surface area (Å²) in [6, 6.07) is -2.45. The number of carbonyl (C=O) groups is 4. The van der Waals surface area contributed by atoms with Crippen molar-refractivity contribution in [1.82, 2.24) is 25.2 Å². The maximum Gasteiger partial charge on any atom is 0.418 e. The van der Waals surface area contributed by atoms with E-state index in [0.717, 1.165) is 4.90 Å². The highest BCUT2D eigenvalue weighted by Crippen LogP contribution is 2.30. The first-order chi connectivity index (χ1) is 16.2. The number of hydrogen-bond acceptors (Lipinski definition) is 9. The van der Waals surface area contributed by atoms with Crippen LogP contribution in [0.15, 0.2) is 0 Å². The smallest absolute Gasteiger partial charge is 0.418 e. The summed E-state index contributed by atoms with van der Waals surface area (Å²) in [5.74, 6) is -1.06. The molecule has 15 nitrogen and oxygen atoms in total. The monoisotopic (exact) mass is 521 g/mol. The number of nitrogens with zero attached hydrogens (tertiary/aromatic N) is 4. The Morgan fingerprint density at radius 3 is 2.40 bits per heavy atom. The zero-order valence-electron chi connectivity index (χ0n) is 19.8. The van der Waals surface area contributed by atoms with E-state index in [2.05, 4.69) is 9.76 Å². The van der Waals surface area contributed by atoms with Gasteiger partial charge in [0, 0.05) is 32.7 Å². The Balaban J connectivity index is 1.44. The molecule has 0 radical (unpaired) electrons.